The first kappa shape index (κ1) is 24.8. The maximum absolute atomic E-state index is 5.57. The van der Waals surface area contributed by atoms with Crippen molar-refractivity contribution >= 4 is 29.9 Å². The molecule has 0 unspecified atom stereocenters. The second-order valence-electron chi connectivity index (χ2n) is 6.18. The van der Waals surface area contributed by atoms with E-state index < -0.39 is 0 Å². The molecule has 150 valence electrons. The van der Waals surface area contributed by atoms with Crippen molar-refractivity contribution in [3.05, 3.63) is 23.8 Å². The summed E-state index contributed by atoms with van der Waals surface area (Å²) in [5.74, 6) is 3.08. The lowest BCUT2D eigenvalue weighted by atomic mass is 10.1. The molecule has 26 heavy (non-hydrogen) atoms. The van der Waals surface area contributed by atoms with E-state index in [9.17, 15) is 0 Å². The largest absolute Gasteiger partial charge is 0.497 e. The lowest BCUT2D eigenvalue weighted by Gasteiger charge is -2.14. The summed E-state index contributed by atoms with van der Waals surface area (Å²) >= 11 is 0. The number of hydrogen-bond acceptors (Lipinski definition) is 4. The van der Waals surface area contributed by atoms with Gasteiger partial charge in [-0.05, 0) is 42.5 Å². The van der Waals surface area contributed by atoms with Gasteiger partial charge in [-0.15, -0.1) is 24.0 Å². The quantitative estimate of drug-likeness (QED) is 0.221. The minimum absolute atomic E-state index is 0. The average Bonchev–Trinajstić information content (AvgIpc) is 2.62. The SMILES string of the molecule is CN=C(NCCCOCC(C)C)NCCc1cc(OC)ccc1OC.I. The summed E-state index contributed by atoms with van der Waals surface area (Å²) in [5.41, 5.74) is 1.10. The third-order valence-electron chi connectivity index (χ3n) is 3.61. The van der Waals surface area contributed by atoms with Gasteiger partial charge in [-0.25, -0.2) is 0 Å². The van der Waals surface area contributed by atoms with Crippen LogP contribution in [0.1, 0.15) is 25.8 Å². The fourth-order valence-electron chi connectivity index (χ4n) is 2.31. The van der Waals surface area contributed by atoms with Gasteiger partial charge in [0, 0.05) is 33.4 Å². The molecule has 0 aliphatic carbocycles. The fourth-order valence-corrected chi connectivity index (χ4v) is 2.31. The van der Waals surface area contributed by atoms with Gasteiger partial charge in [0.05, 0.1) is 14.2 Å². The fraction of sp³-hybridized carbons (Fsp3) is 0.632. The summed E-state index contributed by atoms with van der Waals surface area (Å²) in [6.07, 6.45) is 1.77. The van der Waals surface area contributed by atoms with Crippen molar-refractivity contribution in [3.63, 3.8) is 0 Å². The van der Waals surface area contributed by atoms with Gasteiger partial charge in [0.2, 0.25) is 0 Å². The molecule has 0 amide bonds. The number of methoxy groups -OCH3 is 2. The highest BCUT2D eigenvalue weighted by molar-refractivity contribution is 14.0. The smallest absolute Gasteiger partial charge is 0.190 e. The minimum atomic E-state index is 0. The van der Waals surface area contributed by atoms with Crippen molar-refractivity contribution in [1.29, 1.82) is 0 Å². The van der Waals surface area contributed by atoms with Gasteiger partial charge in [0.15, 0.2) is 5.96 Å². The van der Waals surface area contributed by atoms with Crippen LogP contribution in [0.25, 0.3) is 0 Å². The third-order valence-corrected chi connectivity index (χ3v) is 3.61. The lowest BCUT2D eigenvalue weighted by Crippen LogP contribution is -2.39. The molecular formula is C19H34IN3O3. The predicted octanol–water partition coefficient (Wildman–Crippen LogP) is 3.09. The van der Waals surface area contributed by atoms with Crippen molar-refractivity contribution in [1.82, 2.24) is 10.6 Å². The molecule has 2 N–H and O–H groups in total. The number of nitrogens with one attached hydrogen (secondary N) is 2. The highest BCUT2D eigenvalue weighted by atomic mass is 127. The number of benzene rings is 1. The van der Waals surface area contributed by atoms with Crippen LogP contribution in [0.5, 0.6) is 11.5 Å². The zero-order valence-corrected chi connectivity index (χ0v) is 19.0. The summed E-state index contributed by atoms with van der Waals surface area (Å²) in [4.78, 5) is 4.24. The Morgan fingerprint density at radius 2 is 1.85 bits per heavy atom. The topological polar surface area (TPSA) is 64.1 Å². The number of aliphatic imine (C=N–C) groups is 1. The van der Waals surface area contributed by atoms with E-state index in [0.29, 0.717) is 5.92 Å². The number of hydrogen-bond donors (Lipinski definition) is 2. The van der Waals surface area contributed by atoms with Gasteiger partial charge >= 0.3 is 0 Å². The van der Waals surface area contributed by atoms with Crippen LogP contribution in [-0.4, -0.2) is 53.5 Å². The number of ether oxygens (including phenoxy) is 3. The van der Waals surface area contributed by atoms with Crippen LogP contribution in [0, 0.1) is 5.92 Å². The lowest BCUT2D eigenvalue weighted by molar-refractivity contribution is 0.108. The molecule has 0 bridgehead atoms. The molecule has 1 aromatic carbocycles. The third kappa shape index (κ3) is 10.1. The number of rotatable bonds is 11. The standard InChI is InChI=1S/C19H33N3O3.HI/c1-15(2)14-25-12-6-10-21-19(20-3)22-11-9-16-13-17(23-4)7-8-18(16)24-5;/h7-8,13,15H,6,9-12,14H2,1-5H3,(H2,20,21,22);1H. The second kappa shape index (κ2) is 14.9. The zero-order valence-electron chi connectivity index (χ0n) is 16.6. The van der Waals surface area contributed by atoms with Gasteiger partial charge in [0.1, 0.15) is 11.5 Å². The summed E-state index contributed by atoms with van der Waals surface area (Å²) in [6, 6.07) is 5.83. The normalized spacial score (nSPS) is 11.1. The number of guanidine groups is 1. The Morgan fingerprint density at radius 3 is 2.46 bits per heavy atom. The number of halogens is 1. The Labute approximate surface area is 175 Å². The summed E-state index contributed by atoms with van der Waals surface area (Å²) in [7, 11) is 5.12. The first-order valence-electron chi connectivity index (χ1n) is 8.83. The predicted molar refractivity (Wildman–Crippen MR) is 118 cm³/mol. The monoisotopic (exact) mass is 479 g/mol. The second-order valence-corrected chi connectivity index (χ2v) is 6.18. The Hall–Kier alpha value is -1.22. The molecule has 0 aliphatic rings. The average molecular weight is 479 g/mol. The molecule has 1 aromatic rings. The first-order valence-corrected chi connectivity index (χ1v) is 8.83. The number of nitrogens with zero attached hydrogens (tertiary/aromatic N) is 1. The Kier molecular flexibility index (Phi) is 14.2. The Balaban J connectivity index is 0.00000625. The summed E-state index contributed by atoms with van der Waals surface area (Å²) in [5, 5.41) is 6.62. The molecule has 0 aromatic heterocycles. The zero-order chi connectivity index (χ0) is 18.5. The van der Waals surface area contributed by atoms with Crippen molar-refractivity contribution in [2.75, 3.05) is 47.6 Å². The van der Waals surface area contributed by atoms with Crippen LogP contribution in [0.2, 0.25) is 0 Å². The molecule has 0 saturated heterocycles. The molecule has 0 radical (unpaired) electrons. The van der Waals surface area contributed by atoms with Crippen LogP contribution in [0.15, 0.2) is 23.2 Å². The van der Waals surface area contributed by atoms with Gasteiger partial charge < -0.3 is 24.8 Å². The molecular weight excluding hydrogens is 445 g/mol. The molecule has 6 nitrogen and oxygen atoms in total. The molecule has 0 fully saturated rings. The van der Waals surface area contributed by atoms with Gasteiger partial charge in [0.25, 0.3) is 0 Å². The molecule has 0 spiro atoms. The molecule has 0 heterocycles. The van der Waals surface area contributed by atoms with Crippen molar-refractivity contribution < 1.29 is 14.2 Å². The molecule has 7 heteroatoms. The van der Waals surface area contributed by atoms with Crippen LogP contribution >= 0.6 is 24.0 Å². The van der Waals surface area contributed by atoms with E-state index in [-0.39, 0.29) is 24.0 Å². The van der Waals surface area contributed by atoms with Crippen LogP contribution in [0.4, 0.5) is 0 Å². The van der Waals surface area contributed by atoms with E-state index >= 15 is 0 Å². The van der Waals surface area contributed by atoms with Gasteiger partial charge in [-0.3, -0.25) is 4.99 Å². The van der Waals surface area contributed by atoms with E-state index in [0.717, 1.165) is 62.2 Å². The summed E-state index contributed by atoms with van der Waals surface area (Å²) in [6.45, 7) is 7.48. The van der Waals surface area contributed by atoms with Crippen molar-refractivity contribution in [2.45, 2.75) is 26.7 Å². The van der Waals surface area contributed by atoms with Gasteiger partial charge in [-0.2, -0.15) is 0 Å². The van der Waals surface area contributed by atoms with E-state index in [2.05, 4.69) is 29.5 Å². The maximum atomic E-state index is 5.57. The van der Waals surface area contributed by atoms with E-state index in [4.69, 9.17) is 14.2 Å². The Morgan fingerprint density at radius 1 is 1.12 bits per heavy atom. The highest BCUT2D eigenvalue weighted by Gasteiger charge is 2.05. The molecule has 0 atom stereocenters. The van der Waals surface area contributed by atoms with E-state index in [1.165, 1.54) is 0 Å². The van der Waals surface area contributed by atoms with Crippen LogP contribution in [-0.2, 0) is 11.2 Å². The van der Waals surface area contributed by atoms with Crippen LogP contribution in [0.3, 0.4) is 0 Å². The van der Waals surface area contributed by atoms with Crippen LogP contribution < -0.4 is 20.1 Å². The molecule has 0 aliphatic heterocycles. The Bertz CT molecular complexity index is 525. The molecule has 0 saturated carbocycles. The first-order chi connectivity index (χ1) is 12.1. The maximum Gasteiger partial charge on any atom is 0.190 e. The van der Waals surface area contributed by atoms with Gasteiger partial charge in [-0.1, -0.05) is 13.8 Å². The minimum Gasteiger partial charge on any atom is -0.497 e. The van der Waals surface area contributed by atoms with Crippen molar-refractivity contribution in [3.8, 4) is 11.5 Å². The van der Waals surface area contributed by atoms with Crippen molar-refractivity contribution in [2.24, 2.45) is 10.9 Å². The van der Waals surface area contributed by atoms with E-state index in [1.54, 1.807) is 21.3 Å². The molecule has 1 rings (SSSR count). The van der Waals surface area contributed by atoms with E-state index in [1.807, 2.05) is 18.2 Å². The highest BCUT2D eigenvalue weighted by Crippen LogP contribution is 2.24. The summed E-state index contributed by atoms with van der Waals surface area (Å²) < 4.78 is 16.3.